The molecular formula is C10H17N3O4S2. The summed E-state index contributed by atoms with van der Waals surface area (Å²) in [5, 5.41) is 10.6. The van der Waals surface area contributed by atoms with Crippen LogP contribution in [0.4, 0.5) is 10.7 Å². The number of nitrogen functional groups attached to an aromatic ring is 1. The molecular weight excluding hydrogens is 290 g/mol. The van der Waals surface area contributed by atoms with Crippen molar-refractivity contribution >= 4 is 32.0 Å². The fourth-order valence-corrected chi connectivity index (χ4v) is 4.69. The molecule has 2 N–H and O–H groups in total. The van der Waals surface area contributed by atoms with E-state index in [1.807, 2.05) is 13.8 Å². The summed E-state index contributed by atoms with van der Waals surface area (Å²) in [6.45, 7) is 3.79. The molecule has 0 radical (unpaired) electrons. The summed E-state index contributed by atoms with van der Waals surface area (Å²) in [6, 6.07) is 0.890. The number of anilines is 1. The van der Waals surface area contributed by atoms with Gasteiger partial charge in [0, 0.05) is 19.2 Å². The van der Waals surface area contributed by atoms with Crippen molar-refractivity contribution in [1.82, 2.24) is 4.31 Å². The molecule has 108 valence electrons. The Bertz CT molecular complexity index is 563. The molecule has 0 saturated carbocycles. The van der Waals surface area contributed by atoms with Gasteiger partial charge in [0.05, 0.1) is 4.92 Å². The van der Waals surface area contributed by atoms with E-state index in [4.69, 9.17) is 5.73 Å². The van der Waals surface area contributed by atoms with Crippen LogP contribution in [0.15, 0.2) is 10.3 Å². The van der Waals surface area contributed by atoms with E-state index in [2.05, 4.69) is 0 Å². The zero-order valence-corrected chi connectivity index (χ0v) is 12.6. The van der Waals surface area contributed by atoms with Crippen LogP contribution in [0.25, 0.3) is 0 Å². The molecule has 9 heteroatoms. The first kappa shape index (κ1) is 15.9. The van der Waals surface area contributed by atoms with E-state index in [0.29, 0.717) is 12.8 Å². The van der Waals surface area contributed by atoms with Crippen LogP contribution in [0, 0.1) is 10.1 Å². The van der Waals surface area contributed by atoms with Crippen LogP contribution in [0.5, 0.6) is 0 Å². The van der Waals surface area contributed by atoms with Crippen LogP contribution >= 0.6 is 11.3 Å². The molecule has 0 amide bonds. The third-order valence-electron chi connectivity index (χ3n) is 3.00. The van der Waals surface area contributed by atoms with Crippen LogP contribution in [-0.4, -0.2) is 30.7 Å². The molecule has 0 saturated heterocycles. The number of hydrogen-bond acceptors (Lipinski definition) is 6. The van der Waals surface area contributed by atoms with Gasteiger partial charge in [0.25, 0.3) is 10.0 Å². The highest BCUT2D eigenvalue weighted by Gasteiger charge is 2.30. The molecule has 1 rings (SSSR count). The van der Waals surface area contributed by atoms with Crippen molar-refractivity contribution in [1.29, 1.82) is 0 Å². The van der Waals surface area contributed by atoms with Gasteiger partial charge in [0.1, 0.15) is 4.21 Å². The summed E-state index contributed by atoms with van der Waals surface area (Å²) >= 11 is 0.723. The summed E-state index contributed by atoms with van der Waals surface area (Å²) in [5.74, 6) is 0. The monoisotopic (exact) mass is 307 g/mol. The van der Waals surface area contributed by atoms with Gasteiger partial charge in [-0.05, 0) is 12.8 Å². The Balaban J connectivity index is 3.20. The fourth-order valence-electron chi connectivity index (χ4n) is 1.78. The van der Waals surface area contributed by atoms with Crippen LogP contribution in [0.1, 0.15) is 26.7 Å². The molecule has 0 aliphatic heterocycles. The standard InChI is InChI=1S/C10H17N3O4S2/c1-4-7(5-2)12(3)19(16,17)9-6-8(13(14)15)10(11)18-9/h6-7H,4-5,11H2,1-3H3. The summed E-state index contributed by atoms with van der Waals surface area (Å²) in [4.78, 5) is 10.0. The predicted octanol–water partition coefficient (Wildman–Crippen LogP) is 2.05. The minimum atomic E-state index is -3.73. The zero-order chi connectivity index (χ0) is 14.8. The third kappa shape index (κ3) is 3.04. The molecule has 0 aromatic carbocycles. The lowest BCUT2D eigenvalue weighted by atomic mass is 10.2. The van der Waals surface area contributed by atoms with Crippen LogP contribution in [0.2, 0.25) is 0 Å². The average molecular weight is 307 g/mol. The minimum absolute atomic E-state index is 0.0916. The Hall–Kier alpha value is -1.19. The molecule has 1 aromatic rings. The van der Waals surface area contributed by atoms with Gasteiger partial charge >= 0.3 is 5.69 Å². The topological polar surface area (TPSA) is 107 Å². The molecule has 0 atom stereocenters. The van der Waals surface area contributed by atoms with Crippen molar-refractivity contribution in [2.45, 2.75) is 36.9 Å². The first-order chi connectivity index (χ1) is 8.75. The van der Waals surface area contributed by atoms with E-state index >= 15 is 0 Å². The predicted molar refractivity (Wildman–Crippen MR) is 74.7 cm³/mol. The van der Waals surface area contributed by atoms with Gasteiger partial charge in [0.2, 0.25) is 0 Å². The second-order valence-corrected chi connectivity index (χ2v) is 7.37. The van der Waals surface area contributed by atoms with Crippen molar-refractivity contribution in [3.8, 4) is 0 Å². The highest BCUT2D eigenvalue weighted by Crippen LogP contribution is 2.36. The highest BCUT2D eigenvalue weighted by molar-refractivity contribution is 7.91. The molecule has 0 unspecified atom stereocenters. The number of sulfonamides is 1. The lowest BCUT2D eigenvalue weighted by Crippen LogP contribution is -2.35. The Labute approximate surface area is 116 Å². The molecule has 0 aliphatic rings. The fraction of sp³-hybridized carbons (Fsp3) is 0.600. The summed E-state index contributed by atoms with van der Waals surface area (Å²) in [7, 11) is -2.25. The first-order valence-corrected chi connectivity index (χ1v) is 8.03. The molecule has 0 bridgehead atoms. The highest BCUT2D eigenvalue weighted by atomic mass is 32.2. The number of hydrogen-bond donors (Lipinski definition) is 1. The van der Waals surface area contributed by atoms with Crippen LogP contribution in [-0.2, 0) is 10.0 Å². The van der Waals surface area contributed by atoms with Crippen molar-refractivity contribution < 1.29 is 13.3 Å². The molecule has 19 heavy (non-hydrogen) atoms. The van der Waals surface area contributed by atoms with Gasteiger partial charge in [-0.2, -0.15) is 4.31 Å². The minimum Gasteiger partial charge on any atom is -0.385 e. The maximum Gasteiger partial charge on any atom is 0.304 e. The number of nitrogens with zero attached hydrogens (tertiary/aromatic N) is 2. The maximum atomic E-state index is 12.3. The Kier molecular flexibility index (Phi) is 4.88. The third-order valence-corrected chi connectivity index (χ3v) is 6.32. The molecule has 0 spiro atoms. The van der Waals surface area contributed by atoms with Crippen molar-refractivity contribution in [2.75, 3.05) is 12.8 Å². The Morgan fingerprint density at radius 1 is 1.47 bits per heavy atom. The number of nitrogens with two attached hydrogens (primary N) is 1. The number of rotatable bonds is 6. The number of thiophene rings is 1. The van der Waals surface area contributed by atoms with Crippen molar-refractivity contribution in [2.24, 2.45) is 0 Å². The van der Waals surface area contributed by atoms with Gasteiger partial charge in [-0.1, -0.05) is 25.2 Å². The molecule has 0 fully saturated rings. The van der Waals surface area contributed by atoms with E-state index in [0.717, 1.165) is 17.4 Å². The lowest BCUT2D eigenvalue weighted by molar-refractivity contribution is -0.383. The first-order valence-electron chi connectivity index (χ1n) is 5.77. The SMILES string of the molecule is CCC(CC)N(C)S(=O)(=O)c1cc([N+](=O)[O-])c(N)s1. The second kappa shape index (κ2) is 5.85. The quantitative estimate of drug-likeness (QED) is 0.639. The van der Waals surface area contributed by atoms with Gasteiger partial charge in [-0.25, -0.2) is 8.42 Å². The Morgan fingerprint density at radius 3 is 2.37 bits per heavy atom. The summed E-state index contributed by atoms with van der Waals surface area (Å²) in [6.07, 6.45) is 1.35. The van der Waals surface area contributed by atoms with Gasteiger partial charge < -0.3 is 5.73 Å². The van der Waals surface area contributed by atoms with Gasteiger partial charge in [-0.15, -0.1) is 0 Å². The van der Waals surface area contributed by atoms with E-state index in [-0.39, 0.29) is 20.9 Å². The number of nitro groups is 1. The maximum absolute atomic E-state index is 12.3. The largest absolute Gasteiger partial charge is 0.385 e. The molecule has 0 aliphatic carbocycles. The van der Waals surface area contributed by atoms with E-state index < -0.39 is 14.9 Å². The zero-order valence-electron chi connectivity index (χ0n) is 11.0. The van der Waals surface area contributed by atoms with Gasteiger partial charge in [0.15, 0.2) is 5.00 Å². The van der Waals surface area contributed by atoms with E-state index in [1.54, 1.807) is 0 Å². The van der Waals surface area contributed by atoms with Crippen molar-refractivity contribution in [3.05, 3.63) is 16.2 Å². The van der Waals surface area contributed by atoms with Crippen molar-refractivity contribution in [3.63, 3.8) is 0 Å². The normalized spacial score (nSPS) is 12.3. The molecule has 1 heterocycles. The lowest BCUT2D eigenvalue weighted by Gasteiger charge is -2.24. The molecule has 1 aromatic heterocycles. The summed E-state index contributed by atoms with van der Waals surface area (Å²) in [5.41, 5.74) is 5.11. The van der Waals surface area contributed by atoms with E-state index in [1.165, 1.54) is 11.4 Å². The van der Waals surface area contributed by atoms with Crippen LogP contribution in [0.3, 0.4) is 0 Å². The Morgan fingerprint density at radius 2 is 2.00 bits per heavy atom. The van der Waals surface area contributed by atoms with Gasteiger partial charge in [-0.3, -0.25) is 10.1 Å². The van der Waals surface area contributed by atoms with E-state index in [9.17, 15) is 18.5 Å². The average Bonchev–Trinajstić information content (AvgIpc) is 2.73. The smallest absolute Gasteiger partial charge is 0.304 e. The van der Waals surface area contributed by atoms with Crippen LogP contribution < -0.4 is 5.73 Å². The summed E-state index contributed by atoms with van der Waals surface area (Å²) < 4.78 is 25.8. The second-order valence-electron chi connectivity index (χ2n) is 4.06. The molecule has 7 nitrogen and oxygen atoms in total.